The zero-order chi connectivity index (χ0) is 19.8. The molecule has 142 valence electrons. The summed E-state index contributed by atoms with van der Waals surface area (Å²) in [6, 6.07) is 5.34. The molecule has 0 saturated heterocycles. The van der Waals surface area contributed by atoms with Gasteiger partial charge in [0.15, 0.2) is 0 Å². The molecular formula is C20H17ClN4O3. The molecule has 28 heavy (non-hydrogen) atoms. The van der Waals surface area contributed by atoms with Crippen LogP contribution in [0.25, 0.3) is 5.95 Å². The SMILES string of the molecule is Cc1cccc(Cl)c1C(=O)c1nn(-c2ncc(C(=O)O)cn2)c2c1CCCC2. The Morgan fingerprint density at radius 2 is 1.86 bits per heavy atom. The van der Waals surface area contributed by atoms with Gasteiger partial charge < -0.3 is 5.11 Å². The van der Waals surface area contributed by atoms with E-state index in [2.05, 4.69) is 15.1 Å². The predicted octanol–water partition coefficient (Wildman–Crippen LogP) is 3.43. The minimum Gasteiger partial charge on any atom is -0.478 e. The Balaban J connectivity index is 1.84. The number of carbonyl (C=O) groups is 2. The summed E-state index contributed by atoms with van der Waals surface area (Å²) in [7, 11) is 0. The summed E-state index contributed by atoms with van der Waals surface area (Å²) in [5.74, 6) is -1.07. The molecule has 0 unspecified atom stereocenters. The quantitative estimate of drug-likeness (QED) is 0.678. The highest BCUT2D eigenvalue weighted by molar-refractivity contribution is 6.35. The maximum absolute atomic E-state index is 13.3. The molecule has 0 amide bonds. The number of carbonyl (C=O) groups excluding carboxylic acids is 1. The highest BCUT2D eigenvalue weighted by Gasteiger charge is 2.28. The number of aromatic carboxylic acids is 1. The fourth-order valence-electron chi connectivity index (χ4n) is 3.53. The van der Waals surface area contributed by atoms with Gasteiger partial charge in [-0.15, -0.1) is 0 Å². The molecule has 7 nitrogen and oxygen atoms in total. The highest BCUT2D eigenvalue weighted by atomic mass is 35.5. The van der Waals surface area contributed by atoms with Crippen LogP contribution in [0.4, 0.5) is 0 Å². The summed E-state index contributed by atoms with van der Waals surface area (Å²) < 4.78 is 1.56. The van der Waals surface area contributed by atoms with Crippen LogP contribution in [0.2, 0.25) is 5.02 Å². The van der Waals surface area contributed by atoms with Crippen molar-refractivity contribution in [3.8, 4) is 5.95 Å². The van der Waals surface area contributed by atoms with E-state index >= 15 is 0 Å². The van der Waals surface area contributed by atoms with E-state index in [1.807, 2.05) is 13.0 Å². The third-order valence-electron chi connectivity index (χ3n) is 4.92. The lowest BCUT2D eigenvalue weighted by Crippen LogP contribution is -2.11. The van der Waals surface area contributed by atoms with Gasteiger partial charge in [-0.1, -0.05) is 23.7 Å². The average molecular weight is 397 g/mol. The number of hydrogen-bond donors (Lipinski definition) is 1. The number of ketones is 1. The summed E-state index contributed by atoms with van der Waals surface area (Å²) in [4.78, 5) is 32.6. The van der Waals surface area contributed by atoms with Crippen molar-refractivity contribution < 1.29 is 14.7 Å². The third-order valence-corrected chi connectivity index (χ3v) is 5.23. The van der Waals surface area contributed by atoms with Crippen molar-refractivity contribution in [1.82, 2.24) is 19.7 Å². The predicted molar refractivity (Wildman–Crippen MR) is 102 cm³/mol. The zero-order valence-electron chi connectivity index (χ0n) is 15.1. The van der Waals surface area contributed by atoms with Crippen LogP contribution in [0, 0.1) is 6.92 Å². The molecule has 1 aliphatic carbocycles. The normalized spacial score (nSPS) is 13.2. The van der Waals surface area contributed by atoms with Gasteiger partial charge in [0, 0.05) is 23.5 Å². The van der Waals surface area contributed by atoms with E-state index in [1.165, 1.54) is 12.4 Å². The molecule has 1 aliphatic rings. The first-order chi connectivity index (χ1) is 13.5. The fourth-order valence-corrected chi connectivity index (χ4v) is 3.83. The first-order valence-corrected chi connectivity index (χ1v) is 9.31. The zero-order valence-corrected chi connectivity index (χ0v) is 15.9. The molecule has 0 bridgehead atoms. The lowest BCUT2D eigenvalue weighted by Gasteiger charge is -2.13. The summed E-state index contributed by atoms with van der Waals surface area (Å²) in [5, 5.41) is 14.0. The molecule has 2 heterocycles. The van der Waals surface area contributed by atoms with Crippen LogP contribution in [-0.2, 0) is 12.8 Å². The Kier molecular flexibility index (Phi) is 4.68. The second kappa shape index (κ2) is 7.16. The molecule has 8 heteroatoms. The molecule has 3 aromatic rings. The maximum Gasteiger partial charge on any atom is 0.338 e. The smallest absolute Gasteiger partial charge is 0.338 e. The van der Waals surface area contributed by atoms with Gasteiger partial charge in [-0.3, -0.25) is 4.79 Å². The van der Waals surface area contributed by atoms with Crippen LogP contribution in [0.15, 0.2) is 30.6 Å². The molecule has 0 atom stereocenters. The van der Waals surface area contributed by atoms with Crippen LogP contribution in [0.1, 0.15) is 56.1 Å². The lowest BCUT2D eigenvalue weighted by molar-refractivity contribution is 0.0695. The number of hydrogen-bond acceptors (Lipinski definition) is 5. The van der Waals surface area contributed by atoms with Gasteiger partial charge in [0.2, 0.25) is 5.78 Å². The Bertz CT molecular complexity index is 1070. The number of nitrogens with zero attached hydrogens (tertiary/aromatic N) is 4. The van der Waals surface area contributed by atoms with Crippen molar-refractivity contribution in [1.29, 1.82) is 0 Å². The van der Waals surface area contributed by atoms with Crippen molar-refractivity contribution in [2.75, 3.05) is 0 Å². The number of rotatable bonds is 4. The van der Waals surface area contributed by atoms with Crippen LogP contribution >= 0.6 is 11.6 Å². The number of carboxylic acids is 1. The summed E-state index contributed by atoms with van der Waals surface area (Å²) >= 11 is 6.29. The summed E-state index contributed by atoms with van der Waals surface area (Å²) in [6.45, 7) is 1.84. The Morgan fingerprint density at radius 1 is 1.14 bits per heavy atom. The van der Waals surface area contributed by atoms with Crippen molar-refractivity contribution in [3.05, 3.63) is 69.3 Å². The highest BCUT2D eigenvalue weighted by Crippen LogP contribution is 2.30. The number of aryl methyl sites for hydroxylation is 1. The largest absolute Gasteiger partial charge is 0.478 e. The first kappa shape index (κ1) is 18.3. The standard InChI is InChI=1S/C20H17ClN4O3/c1-11-5-4-7-14(21)16(11)18(26)17-13-6-2-3-8-15(13)25(24-17)20-22-9-12(10-23-20)19(27)28/h4-5,7,9-10H,2-3,6,8H2,1H3,(H,27,28). The molecule has 1 N–H and O–H groups in total. The molecule has 0 radical (unpaired) electrons. The molecule has 4 rings (SSSR count). The van der Waals surface area contributed by atoms with Gasteiger partial charge in [0.25, 0.3) is 5.95 Å². The van der Waals surface area contributed by atoms with Gasteiger partial charge in [-0.05, 0) is 44.2 Å². The second-order valence-electron chi connectivity index (χ2n) is 6.73. The summed E-state index contributed by atoms with van der Waals surface area (Å²) in [6.07, 6.45) is 5.92. The van der Waals surface area contributed by atoms with Crippen molar-refractivity contribution >= 4 is 23.4 Å². The van der Waals surface area contributed by atoms with Crippen LogP contribution in [0.3, 0.4) is 0 Å². The Morgan fingerprint density at radius 3 is 2.54 bits per heavy atom. The van der Waals surface area contributed by atoms with Crippen molar-refractivity contribution in [2.45, 2.75) is 32.6 Å². The molecule has 0 fully saturated rings. The number of halogens is 1. The number of carboxylic acid groups (broad SMARTS) is 1. The number of fused-ring (bicyclic) bond motifs is 1. The molecule has 0 aliphatic heterocycles. The van der Waals surface area contributed by atoms with E-state index in [1.54, 1.807) is 16.8 Å². The van der Waals surface area contributed by atoms with E-state index in [4.69, 9.17) is 16.7 Å². The maximum atomic E-state index is 13.3. The van der Waals surface area contributed by atoms with Crippen LogP contribution in [0.5, 0.6) is 0 Å². The van der Waals surface area contributed by atoms with Gasteiger partial charge in [0.05, 0.1) is 16.3 Å². The fraction of sp³-hybridized carbons (Fsp3) is 0.250. The summed E-state index contributed by atoms with van der Waals surface area (Å²) in [5.41, 5.74) is 3.37. The van der Waals surface area contributed by atoms with E-state index < -0.39 is 5.97 Å². The number of aromatic nitrogens is 4. The number of benzene rings is 1. The molecule has 0 saturated carbocycles. The molecule has 1 aromatic carbocycles. The third kappa shape index (κ3) is 3.07. The lowest BCUT2D eigenvalue weighted by atomic mass is 9.92. The Labute approximate surface area is 166 Å². The van der Waals surface area contributed by atoms with Gasteiger partial charge in [-0.25, -0.2) is 19.4 Å². The van der Waals surface area contributed by atoms with E-state index in [9.17, 15) is 9.59 Å². The van der Waals surface area contributed by atoms with Crippen molar-refractivity contribution in [2.24, 2.45) is 0 Å². The van der Waals surface area contributed by atoms with Crippen LogP contribution in [-0.4, -0.2) is 36.6 Å². The van der Waals surface area contributed by atoms with E-state index in [0.29, 0.717) is 16.3 Å². The molecule has 0 spiro atoms. The van der Waals surface area contributed by atoms with E-state index in [0.717, 1.165) is 42.5 Å². The Hall–Kier alpha value is -3.06. The van der Waals surface area contributed by atoms with E-state index in [-0.39, 0.29) is 17.3 Å². The van der Waals surface area contributed by atoms with Crippen LogP contribution < -0.4 is 0 Å². The first-order valence-electron chi connectivity index (χ1n) is 8.93. The minimum atomic E-state index is -1.10. The van der Waals surface area contributed by atoms with Gasteiger partial charge >= 0.3 is 5.97 Å². The van der Waals surface area contributed by atoms with Crippen molar-refractivity contribution in [3.63, 3.8) is 0 Å². The monoisotopic (exact) mass is 396 g/mol. The molecule has 2 aromatic heterocycles. The minimum absolute atomic E-state index is 0.00670. The molecular weight excluding hydrogens is 380 g/mol. The van der Waals surface area contributed by atoms with Gasteiger partial charge in [-0.2, -0.15) is 5.10 Å². The topological polar surface area (TPSA) is 98.0 Å². The average Bonchev–Trinajstić information content (AvgIpc) is 3.07. The van der Waals surface area contributed by atoms with Gasteiger partial charge in [0.1, 0.15) is 5.69 Å². The second-order valence-corrected chi connectivity index (χ2v) is 7.14.